The molecule has 0 amide bonds. The van der Waals surface area contributed by atoms with Gasteiger partial charge in [-0.15, -0.1) is 0 Å². The summed E-state index contributed by atoms with van der Waals surface area (Å²) in [6, 6.07) is 66.6. The zero-order valence-electron chi connectivity index (χ0n) is 28.7. The molecule has 0 bridgehead atoms. The third-order valence-electron chi connectivity index (χ3n) is 10.9. The molecule has 2 nitrogen and oxygen atoms in total. The maximum atomic E-state index is 2.46. The topological polar surface area (TPSA) is 8.17 Å². The molecular formula is C49H36N2. The Morgan fingerprint density at radius 1 is 0.451 bits per heavy atom. The summed E-state index contributed by atoms with van der Waals surface area (Å²) in [4.78, 5) is 2.46. The summed E-state index contributed by atoms with van der Waals surface area (Å²) in [5.41, 5.74) is 14.7. The van der Waals surface area contributed by atoms with Crippen molar-refractivity contribution >= 4 is 49.6 Å². The van der Waals surface area contributed by atoms with Gasteiger partial charge >= 0.3 is 0 Å². The molecule has 0 saturated heterocycles. The second-order valence-corrected chi connectivity index (χ2v) is 14.2. The van der Waals surface area contributed by atoms with Gasteiger partial charge in [0.05, 0.1) is 16.7 Å². The minimum absolute atomic E-state index is 0.119. The van der Waals surface area contributed by atoms with Gasteiger partial charge in [-0.3, -0.25) is 0 Å². The van der Waals surface area contributed by atoms with E-state index in [0.29, 0.717) is 0 Å². The van der Waals surface area contributed by atoms with E-state index in [9.17, 15) is 0 Å². The van der Waals surface area contributed by atoms with Crippen LogP contribution in [-0.4, -0.2) is 4.57 Å². The largest absolute Gasteiger partial charge is 0.310 e. The van der Waals surface area contributed by atoms with E-state index in [0.717, 1.165) is 22.7 Å². The van der Waals surface area contributed by atoms with Crippen LogP contribution in [-0.2, 0) is 5.41 Å². The van der Waals surface area contributed by atoms with E-state index < -0.39 is 0 Å². The predicted octanol–water partition coefficient (Wildman–Crippen LogP) is 13.4. The fraction of sp³-hybridized carbons (Fsp3) is 0.0612. The van der Waals surface area contributed by atoms with Gasteiger partial charge in [-0.2, -0.15) is 0 Å². The fourth-order valence-electron chi connectivity index (χ4n) is 8.65. The second kappa shape index (κ2) is 11.3. The highest BCUT2D eigenvalue weighted by Crippen LogP contribution is 2.52. The lowest BCUT2D eigenvalue weighted by molar-refractivity contribution is 0.666. The molecule has 51 heavy (non-hydrogen) atoms. The molecule has 1 aromatic heterocycles. The Balaban J connectivity index is 1.26. The molecular weight excluding hydrogens is 617 g/mol. The van der Waals surface area contributed by atoms with Gasteiger partial charge < -0.3 is 9.47 Å². The summed E-state index contributed by atoms with van der Waals surface area (Å²) in [7, 11) is 0. The van der Waals surface area contributed by atoms with Crippen molar-refractivity contribution in [1.29, 1.82) is 0 Å². The van der Waals surface area contributed by atoms with Crippen LogP contribution < -0.4 is 4.90 Å². The lowest BCUT2D eigenvalue weighted by Crippen LogP contribution is -2.16. The molecule has 0 N–H and O–H groups in total. The average molecular weight is 653 g/mol. The maximum Gasteiger partial charge on any atom is 0.0561 e. The van der Waals surface area contributed by atoms with Crippen LogP contribution in [0.4, 0.5) is 17.1 Å². The van der Waals surface area contributed by atoms with Crippen molar-refractivity contribution in [3.05, 3.63) is 193 Å². The molecule has 0 atom stereocenters. The van der Waals surface area contributed by atoms with Crippen molar-refractivity contribution in [2.75, 3.05) is 4.90 Å². The Hall–Kier alpha value is -6.38. The van der Waals surface area contributed by atoms with E-state index in [4.69, 9.17) is 0 Å². The van der Waals surface area contributed by atoms with E-state index >= 15 is 0 Å². The Morgan fingerprint density at radius 3 is 1.92 bits per heavy atom. The van der Waals surface area contributed by atoms with Crippen molar-refractivity contribution in [3.63, 3.8) is 0 Å². The minimum Gasteiger partial charge on any atom is -0.310 e. The van der Waals surface area contributed by atoms with Crippen LogP contribution in [0.25, 0.3) is 60.5 Å². The first-order chi connectivity index (χ1) is 25.1. The molecule has 1 heterocycles. The van der Waals surface area contributed by atoms with Gasteiger partial charge in [0.15, 0.2) is 0 Å². The van der Waals surface area contributed by atoms with Crippen LogP contribution in [0.1, 0.15) is 25.0 Å². The van der Waals surface area contributed by atoms with Gasteiger partial charge in [-0.25, -0.2) is 0 Å². The number of aromatic nitrogens is 1. The first-order valence-electron chi connectivity index (χ1n) is 17.8. The maximum absolute atomic E-state index is 2.46. The van der Waals surface area contributed by atoms with Gasteiger partial charge in [0, 0.05) is 38.8 Å². The highest BCUT2D eigenvalue weighted by molar-refractivity contribution is 6.11. The highest BCUT2D eigenvalue weighted by Gasteiger charge is 2.36. The van der Waals surface area contributed by atoms with Crippen molar-refractivity contribution in [3.8, 4) is 27.9 Å². The molecule has 1 aliphatic rings. The van der Waals surface area contributed by atoms with Crippen LogP contribution in [0.2, 0.25) is 0 Å². The molecule has 0 spiro atoms. The van der Waals surface area contributed by atoms with Crippen LogP contribution in [0.5, 0.6) is 0 Å². The first kappa shape index (κ1) is 29.5. The third-order valence-corrected chi connectivity index (χ3v) is 10.9. The lowest BCUT2D eigenvalue weighted by Gasteiger charge is -2.29. The summed E-state index contributed by atoms with van der Waals surface area (Å²) < 4.78 is 2.41. The SMILES string of the molecule is CC1(C)c2ccccc2-c2ccc3ccc(N(c4ccc5c6ccccc6n(-c6ccccc6)c5c4)c4ccccc4-c4ccccc4)cc3c21. The molecule has 9 aromatic rings. The van der Waals surface area contributed by atoms with E-state index in [1.165, 1.54) is 66.0 Å². The number of hydrogen-bond donors (Lipinski definition) is 0. The number of fused-ring (bicyclic) bond motifs is 8. The normalized spacial score (nSPS) is 13.1. The van der Waals surface area contributed by atoms with E-state index in [1.807, 2.05) is 0 Å². The second-order valence-electron chi connectivity index (χ2n) is 14.2. The monoisotopic (exact) mass is 652 g/mol. The third kappa shape index (κ3) is 4.50. The van der Waals surface area contributed by atoms with Crippen LogP contribution in [0.3, 0.4) is 0 Å². The summed E-state index contributed by atoms with van der Waals surface area (Å²) in [5, 5.41) is 5.05. The van der Waals surface area contributed by atoms with Gasteiger partial charge in [-0.05, 0) is 87.1 Å². The number of anilines is 3. The molecule has 10 rings (SSSR count). The van der Waals surface area contributed by atoms with E-state index in [2.05, 4.69) is 205 Å². The Morgan fingerprint density at radius 2 is 1.08 bits per heavy atom. The molecule has 8 aromatic carbocycles. The number of benzene rings is 8. The van der Waals surface area contributed by atoms with Gasteiger partial charge in [0.2, 0.25) is 0 Å². The highest BCUT2D eigenvalue weighted by atomic mass is 15.1. The van der Waals surface area contributed by atoms with Crippen LogP contribution >= 0.6 is 0 Å². The van der Waals surface area contributed by atoms with Crippen molar-refractivity contribution < 1.29 is 0 Å². The average Bonchev–Trinajstić information content (AvgIpc) is 3.64. The van der Waals surface area contributed by atoms with Gasteiger partial charge in [0.25, 0.3) is 0 Å². The summed E-state index contributed by atoms with van der Waals surface area (Å²) in [5.74, 6) is 0. The number of hydrogen-bond acceptors (Lipinski definition) is 1. The smallest absolute Gasteiger partial charge is 0.0561 e. The van der Waals surface area contributed by atoms with Crippen molar-refractivity contribution in [2.45, 2.75) is 19.3 Å². The predicted molar refractivity (Wildman–Crippen MR) is 216 cm³/mol. The zero-order chi connectivity index (χ0) is 34.1. The van der Waals surface area contributed by atoms with Crippen LogP contribution in [0.15, 0.2) is 182 Å². The standard InChI is InChI=1S/C49H36N2/c1-49(2)44-22-12-9-20-39(44)42-29-26-34-25-27-36(31-43(34)48(42)49)50(45-23-13-10-19-38(45)33-15-5-3-6-16-33)37-28-30-41-40-21-11-14-24-46(40)51(47(41)32-37)35-17-7-4-8-18-35/h3-32H,1-2H3. The van der Waals surface area contributed by atoms with Crippen molar-refractivity contribution in [1.82, 2.24) is 4.57 Å². The summed E-state index contributed by atoms with van der Waals surface area (Å²) >= 11 is 0. The molecule has 2 heteroatoms. The molecule has 0 radical (unpaired) electrons. The Bertz CT molecular complexity index is 2770. The summed E-state index contributed by atoms with van der Waals surface area (Å²) in [6.07, 6.45) is 0. The lowest BCUT2D eigenvalue weighted by atomic mass is 9.80. The van der Waals surface area contributed by atoms with E-state index in [1.54, 1.807) is 0 Å². The first-order valence-corrected chi connectivity index (χ1v) is 17.8. The quantitative estimate of drug-likeness (QED) is 0.180. The van der Waals surface area contributed by atoms with Gasteiger partial charge in [0.1, 0.15) is 0 Å². The molecule has 0 fully saturated rings. The molecule has 242 valence electrons. The Labute approximate surface area is 298 Å². The Kier molecular flexibility index (Phi) is 6.56. The number of rotatable bonds is 5. The zero-order valence-corrected chi connectivity index (χ0v) is 28.7. The van der Waals surface area contributed by atoms with Gasteiger partial charge in [-0.1, -0.05) is 147 Å². The number of nitrogens with zero attached hydrogens (tertiary/aromatic N) is 2. The molecule has 0 aliphatic heterocycles. The number of para-hydroxylation sites is 3. The fourth-order valence-corrected chi connectivity index (χ4v) is 8.65. The molecule has 0 saturated carbocycles. The van der Waals surface area contributed by atoms with Crippen molar-refractivity contribution in [2.24, 2.45) is 0 Å². The molecule has 1 aliphatic carbocycles. The summed E-state index contributed by atoms with van der Waals surface area (Å²) in [6.45, 7) is 4.76. The molecule has 0 unspecified atom stereocenters. The van der Waals surface area contributed by atoms with Crippen LogP contribution in [0, 0.1) is 0 Å². The minimum atomic E-state index is -0.119. The van der Waals surface area contributed by atoms with E-state index in [-0.39, 0.29) is 5.41 Å².